The Bertz CT molecular complexity index is 570. The highest BCUT2D eigenvalue weighted by Gasteiger charge is 2.09. The summed E-state index contributed by atoms with van der Waals surface area (Å²) in [5.74, 6) is 0.0362. The summed E-state index contributed by atoms with van der Waals surface area (Å²) in [6, 6.07) is 9.55. The summed E-state index contributed by atoms with van der Waals surface area (Å²) in [7, 11) is 1.30. The maximum atomic E-state index is 11.3. The van der Waals surface area contributed by atoms with E-state index < -0.39 is 5.97 Å². The zero-order chi connectivity index (χ0) is 13.0. The lowest BCUT2D eigenvalue weighted by Crippen LogP contribution is -2.08. The number of aryl methyl sites for hydroxylation is 1. The van der Waals surface area contributed by atoms with E-state index in [9.17, 15) is 4.79 Å². The molecule has 0 fully saturated rings. The molecule has 0 bridgehead atoms. The predicted octanol–water partition coefficient (Wildman–Crippen LogP) is 2.32. The molecule has 2 rings (SSSR count). The van der Waals surface area contributed by atoms with Gasteiger partial charge >= 0.3 is 5.97 Å². The summed E-state index contributed by atoms with van der Waals surface area (Å²) in [5, 5.41) is 3.11. The molecule has 0 saturated carbocycles. The molecule has 0 saturated heterocycles. The van der Waals surface area contributed by atoms with Crippen molar-refractivity contribution in [2.75, 3.05) is 12.4 Å². The molecular weight excluding hydrogens is 230 g/mol. The summed E-state index contributed by atoms with van der Waals surface area (Å²) >= 11 is 0. The molecule has 1 heterocycles. The third-order valence-electron chi connectivity index (χ3n) is 2.31. The molecule has 0 amide bonds. The van der Waals surface area contributed by atoms with E-state index in [1.807, 2.05) is 31.2 Å². The summed E-state index contributed by atoms with van der Waals surface area (Å²) in [6.07, 6.45) is 1.51. The fraction of sp³-hybridized carbons (Fsp3) is 0.154. The molecule has 1 N–H and O–H groups in total. The quantitative estimate of drug-likeness (QED) is 0.838. The summed E-state index contributed by atoms with van der Waals surface area (Å²) in [5.41, 5.74) is 2.05. The van der Waals surface area contributed by atoms with Crippen LogP contribution in [0.1, 0.15) is 16.2 Å². The van der Waals surface area contributed by atoms with E-state index >= 15 is 0 Å². The third kappa shape index (κ3) is 2.82. The fourth-order valence-electron chi connectivity index (χ4n) is 1.49. The fourth-order valence-corrected chi connectivity index (χ4v) is 1.49. The Morgan fingerprint density at radius 1 is 1.33 bits per heavy atom. The average Bonchev–Trinajstić information content (AvgIpc) is 2.38. The van der Waals surface area contributed by atoms with Crippen LogP contribution in [-0.4, -0.2) is 23.0 Å². The van der Waals surface area contributed by atoms with Crippen LogP contribution in [0.5, 0.6) is 0 Å². The molecule has 2 aromatic rings. The second-order valence-electron chi connectivity index (χ2n) is 3.75. The lowest BCUT2D eigenvalue weighted by Gasteiger charge is -2.06. The number of nitrogens with zero attached hydrogens (tertiary/aromatic N) is 2. The standard InChI is InChI=1S/C13H13N3O2/c1-9-4-3-5-10(8-9)15-11-6-7-14-12(16-11)13(17)18-2/h3-8H,1-2H3,(H,14,15,16). The predicted molar refractivity (Wildman–Crippen MR) is 67.8 cm³/mol. The van der Waals surface area contributed by atoms with Gasteiger partial charge in [0.25, 0.3) is 0 Å². The van der Waals surface area contributed by atoms with E-state index in [4.69, 9.17) is 0 Å². The van der Waals surface area contributed by atoms with Gasteiger partial charge < -0.3 is 10.1 Å². The number of hydrogen-bond acceptors (Lipinski definition) is 5. The molecule has 92 valence electrons. The van der Waals surface area contributed by atoms with Gasteiger partial charge in [-0.1, -0.05) is 12.1 Å². The number of nitrogens with one attached hydrogen (secondary N) is 1. The van der Waals surface area contributed by atoms with Gasteiger partial charge in [-0.15, -0.1) is 0 Å². The first-order valence-electron chi connectivity index (χ1n) is 5.44. The Morgan fingerprint density at radius 2 is 2.17 bits per heavy atom. The number of anilines is 2. The second-order valence-corrected chi connectivity index (χ2v) is 3.75. The highest BCUT2D eigenvalue weighted by Crippen LogP contribution is 2.15. The van der Waals surface area contributed by atoms with Crippen molar-refractivity contribution in [2.45, 2.75) is 6.92 Å². The van der Waals surface area contributed by atoms with E-state index in [0.717, 1.165) is 11.3 Å². The topological polar surface area (TPSA) is 64.1 Å². The molecule has 0 aliphatic heterocycles. The summed E-state index contributed by atoms with van der Waals surface area (Å²) in [6.45, 7) is 2.00. The summed E-state index contributed by atoms with van der Waals surface area (Å²) < 4.78 is 4.57. The first kappa shape index (κ1) is 12.0. The molecular formula is C13H13N3O2. The van der Waals surface area contributed by atoms with Crippen molar-refractivity contribution in [1.82, 2.24) is 9.97 Å². The summed E-state index contributed by atoms with van der Waals surface area (Å²) in [4.78, 5) is 19.2. The molecule has 5 heteroatoms. The maximum absolute atomic E-state index is 11.3. The van der Waals surface area contributed by atoms with E-state index in [1.165, 1.54) is 13.3 Å². The van der Waals surface area contributed by atoms with Crippen LogP contribution in [0.4, 0.5) is 11.5 Å². The van der Waals surface area contributed by atoms with Crippen molar-refractivity contribution >= 4 is 17.5 Å². The van der Waals surface area contributed by atoms with E-state index in [2.05, 4.69) is 20.0 Å². The van der Waals surface area contributed by atoms with Crippen molar-refractivity contribution in [3.05, 3.63) is 47.9 Å². The molecule has 0 aliphatic rings. The second kappa shape index (κ2) is 5.27. The van der Waals surface area contributed by atoms with Gasteiger partial charge in [0.15, 0.2) is 0 Å². The van der Waals surface area contributed by atoms with Gasteiger partial charge in [0.1, 0.15) is 5.82 Å². The van der Waals surface area contributed by atoms with Gasteiger partial charge in [-0.05, 0) is 30.7 Å². The van der Waals surface area contributed by atoms with E-state index in [1.54, 1.807) is 6.07 Å². The van der Waals surface area contributed by atoms with Gasteiger partial charge in [0.2, 0.25) is 5.82 Å². The normalized spacial score (nSPS) is 9.89. The van der Waals surface area contributed by atoms with Crippen molar-refractivity contribution in [1.29, 1.82) is 0 Å². The lowest BCUT2D eigenvalue weighted by molar-refractivity contribution is 0.0587. The molecule has 0 radical (unpaired) electrons. The van der Waals surface area contributed by atoms with Crippen molar-refractivity contribution in [3.8, 4) is 0 Å². The Kier molecular flexibility index (Phi) is 3.52. The highest BCUT2D eigenvalue weighted by molar-refractivity contribution is 5.85. The van der Waals surface area contributed by atoms with E-state index in [0.29, 0.717) is 5.82 Å². The molecule has 0 atom stereocenters. The number of methoxy groups -OCH3 is 1. The van der Waals surface area contributed by atoms with Crippen molar-refractivity contribution in [3.63, 3.8) is 0 Å². The average molecular weight is 243 g/mol. The Balaban J connectivity index is 2.22. The largest absolute Gasteiger partial charge is 0.463 e. The first-order valence-corrected chi connectivity index (χ1v) is 5.44. The van der Waals surface area contributed by atoms with Crippen molar-refractivity contribution in [2.24, 2.45) is 0 Å². The number of ether oxygens (including phenoxy) is 1. The minimum absolute atomic E-state index is 0.0372. The third-order valence-corrected chi connectivity index (χ3v) is 2.31. The zero-order valence-electron chi connectivity index (χ0n) is 10.2. The Morgan fingerprint density at radius 3 is 2.89 bits per heavy atom. The molecule has 18 heavy (non-hydrogen) atoms. The van der Waals surface area contributed by atoms with Crippen LogP contribution in [0.15, 0.2) is 36.5 Å². The van der Waals surface area contributed by atoms with Gasteiger partial charge in [-0.2, -0.15) is 0 Å². The van der Waals surface area contributed by atoms with Gasteiger partial charge in [-0.25, -0.2) is 14.8 Å². The number of carbonyl (C=O) groups excluding carboxylic acids is 1. The molecule has 1 aromatic heterocycles. The molecule has 5 nitrogen and oxygen atoms in total. The minimum Gasteiger partial charge on any atom is -0.463 e. The van der Waals surface area contributed by atoms with Crippen LogP contribution in [-0.2, 0) is 4.74 Å². The number of hydrogen-bond donors (Lipinski definition) is 1. The van der Waals surface area contributed by atoms with Gasteiger partial charge in [-0.3, -0.25) is 0 Å². The van der Waals surface area contributed by atoms with Gasteiger partial charge in [0, 0.05) is 11.9 Å². The molecule has 0 spiro atoms. The van der Waals surface area contributed by atoms with Crippen LogP contribution in [0.25, 0.3) is 0 Å². The number of esters is 1. The van der Waals surface area contributed by atoms with Crippen LogP contribution < -0.4 is 5.32 Å². The smallest absolute Gasteiger partial charge is 0.376 e. The SMILES string of the molecule is COC(=O)c1nccc(Nc2cccc(C)c2)n1. The highest BCUT2D eigenvalue weighted by atomic mass is 16.5. The number of rotatable bonds is 3. The maximum Gasteiger partial charge on any atom is 0.376 e. The van der Waals surface area contributed by atoms with Crippen molar-refractivity contribution < 1.29 is 9.53 Å². The number of benzene rings is 1. The Labute approximate surface area is 105 Å². The molecule has 0 aliphatic carbocycles. The zero-order valence-corrected chi connectivity index (χ0v) is 10.2. The van der Waals surface area contributed by atoms with Crippen LogP contribution in [0.3, 0.4) is 0 Å². The van der Waals surface area contributed by atoms with E-state index in [-0.39, 0.29) is 5.82 Å². The van der Waals surface area contributed by atoms with Crippen LogP contribution in [0, 0.1) is 6.92 Å². The van der Waals surface area contributed by atoms with Crippen LogP contribution >= 0.6 is 0 Å². The minimum atomic E-state index is -0.553. The number of carbonyl (C=O) groups is 1. The first-order chi connectivity index (χ1) is 8.69. The number of aromatic nitrogens is 2. The van der Waals surface area contributed by atoms with Crippen LogP contribution in [0.2, 0.25) is 0 Å². The van der Waals surface area contributed by atoms with Gasteiger partial charge in [0.05, 0.1) is 7.11 Å². The molecule has 0 unspecified atom stereocenters. The Hall–Kier alpha value is -2.43. The molecule has 1 aromatic carbocycles. The lowest BCUT2D eigenvalue weighted by atomic mass is 10.2. The monoisotopic (exact) mass is 243 g/mol.